The molecule has 0 N–H and O–H groups in total. The molecule has 2 aliphatic rings. The van der Waals surface area contributed by atoms with Gasteiger partial charge in [-0.25, -0.2) is 13.2 Å². The van der Waals surface area contributed by atoms with E-state index in [9.17, 15) is 18.0 Å². The van der Waals surface area contributed by atoms with Gasteiger partial charge in [0, 0.05) is 41.1 Å². The van der Waals surface area contributed by atoms with Crippen LogP contribution in [0.15, 0.2) is 40.3 Å². The third-order valence-electron chi connectivity index (χ3n) is 6.26. The van der Waals surface area contributed by atoms with E-state index in [0.717, 1.165) is 12.8 Å². The Balaban J connectivity index is 1.69. The molecule has 0 atom stereocenters. The molecule has 0 amide bonds. The zero-order chi connectivity index (χ0) is 25.8. The predicted octanol–water partition coefficient (Wildman–Crippen LogP) is 3.87. The van der Waals surface area contributed by atoms with Crippen molar-refractivity contribution < 1.29 is 22.7 Å². The van der Waals surface area contributed by atoms with Gasteiger partial charge in [0.15, 0.2) is 9.84 Å². The molecule has 3 heterocycles. The maximum absolute atomic E-state index is 13.4. The lowest BCUT2D eigenvalue weighted by Gasteiger charge is -2.26. The first kappa shape index (κ1) is 24.7. The Kier molecular flexibility index (Phi) is 6.30. The van der Waals surface area contributed by atoms with Gasteiger partial charge in [-0.3, -0.25) is 9.48 Å². The Morgan fingerprint density at radius 1 is 1.22 bits per heavy atom. The topological polar surface area (TPSA) is 109 Å². The van der Waals surface area contributed by atoms with Crippen LogP contribution in [0.4, 0.5) is 0 Å². The molecule has 1 fully saturated rings. The summed E-state index contributed by atoms with van der Waals surface area (Å²) in [5.41, 5.74) is 1.82. The first-order valence-electron chi connectivity index (χ1n) is 11.7. The maximum Gasteiger partial charge on any atom is 0.344 e. The number of hydrogen-bond acceptors (Lipinski definition) is 7. The summed E-state index contributed by atoms with van der Waals surface area (Å²) in [4.78, 5) is 26.2. The molecular weight excluding hydrogens is 506 g/mol. The van der Waals surface area contributed by atoms with Crippen molar-refractivity contribution in [3.05, 3.63) is 57.1 Å². The summed E-state index contributed by atoms with van der Waals surface area (Å²) < 4.78 is 40.5. The summed E-state index contributed by atoms with van der Waals surface area (Å²) >= 11 is 6.68. The van der Waals surface area contributed by atoms with Gasteiger partial charge in [0.25, 0.3) is 5.56 Å². The minimum absolute atomic E-state index is 0.102. The SMILES string of the molecule is COCCn1cc(-c2cc3c(cc2Cl)-c2c(cc(C(=O)OC(C)C)c(=O)n2C2CC2)CS3(=O)=O)cn1. The van der Waals surface area contributed by atoms with Crippen molar-refractivity contribution >= 4 is 27.4 Å². The van der Waals surface area contributed by atoms with Crippen LogP contribution in [0.2, 0.25) is 5.02 Å². The smallest absolute Gasteiger partial charge is 0.344 e. The lowest BCUT2D eigenvalue weighted by atomic mass is 10.00. The highest BCUT2D eigenvalue weighted by atomic mass is 35.5. The van der Waals surface area contributed by atoms with Gasteiger partial charge in [0.05, 0.1) is 41.8 Å². The van der Waals surface area contributed by atoms with E-state index in [-0.39, 0.29) is 22.3 Å². The molecule has 9 nitrogen and oxygen atoms in total. The van der Waals surface area contributed by atoms with Crippen LogP contribution in [0.3, 0.4) is 0 Å². The molecule has 1 aromatic carbocycles. The Morgan fingerprint density at radius 3 is 2.64 bits per heavy atom. The average molecular weight is 532 g/mol. The van der Waals surface area contributed by atoms with E-state index in [2.05, 4.69) is 5.10 Å². The standard InChI is InChI=1S/C25H26ClN3O6S/c1-14(2)35-25(31)20-8-15-13-36(32,33)22-10-18(16-11-27-28(12-16)6-7-34-3)21(26)9-19(22)23(15)29(24(20)30)17-4-5-17/h8-12,14,17H,4-7,13H2,1-3H3. The normalized spacial score (nSPS) is 16.0. The molecule has 0 spiro atoms. The molecule has 0 bridgehead atoms. The first-order valence-corrected chi connectivity index (χ1v) is 13.7. The minimum atomic E-state index is -3.78. The lowest BCUT2D eigenvalue weighted by Crippen LogP contribution is -2.32. The van der Waals surface area contributed by atoms with Gasteiger partial charge in [-0.15, -0.1) is 0 Å². The fourth-order valence-electron chi connectivity index (χ4n) is 4.52. The van der Waals surface area contributed by atoms with Crippen LogP contribution in [-0.4, -0.2) is 48.6 Å². The van der Waals surface area contributed by atoms with Crippen molar-refractivity contribution in [2.24, 2.45) is 0 Å². The van der Waals surface area contributed by atoms with Crippen molar-refractivity contribution in [2.45, 2.75) is 56.0 Å². The van der Waals surface area contributed by atoms with E-state index >= 15 is 0 Å². The van der Waals surface area contributed by atoms with Crippen molar-refractivity contribution in [3.8, 4) is 22.4 Å². The Morgan fingerprint density at radius 2 is 1.97 bits per heavy atom. The number of carbonyl (C=O) groups excluding carboxylic acids is 1. The number of methoxy groups -OCH3 is 1. The van der Waals surface area contributed by atoms with E-state index in [1.165, 1.54) is 6.07 Å². The maximum atomic E-state index is 13.4. The number of halogens is 1. The first-order chi connectivity index (χ1) is 17.1. The van der Waals surface area contributed by atoms with Crippen molar-refractivity contribution in [1.82, 2.24) is 14.3 Å². The Hall–Kier alpha value is -2.95. The molecule has 1 aliphatic heterocycles. The van der Waals surface area contributed by atoms with E-state index in [1.54, 1.807) is 54.7 Å². The van der Waals surface area contributed by atoms with E-state index in [1.807, 2.05) is 0 Å². The monoisotopic (exact) mass is 531 g/mol. The number of rotatable bonds is 7. The van der Waals surface area contributed by atoms with Gasteiger partial charge in [0.2, 0.25) is 0 Å². The average Bonchev–Trinajstić information content (AvgIpc) is 3.53. The van der Waals surface area contributed by atoms with Gasteiger partial charge in [-0.1, -0.05) is 11.6 Å². The molecule has 0 radical (unpaired) electrons. The Bertz CT molecular complexity index is 1540. The number of hydrogen-bond donors (Lipinski definition) is 0. The van der Waals surface area contributed by atoms with Crippen LogP contribution in [0.5, 0.6) is 0 Å². The molecule has 1 saturated carbocycles. The van der Waals surface area contributed by atoms with E-state index < -0.39 is 27.5 Å². The predicted molar refractivity (Wildman–Crippen MR) is 134 cm³/mol. The summed E-state index contributed by atoms with van der Waals surface area (Å²) in [5, 5.41) is 4.63. The molecular formula is C25H26ClN3O6S. The summed E-state index contributed by atoms with van der Waals surface area (Å²) in [6.45, 7) is 4.41. The second-order valence-corrected chi connectivity index (χ2v) is 11.7. The van der Waals surface area contributed by atoms with Gasteiger partial charge in [-0.05, 0) is 50.5 Å². The van der Waals surface area contributed by atoms with Crippen LogP contribution in [-0.2, 0) is 31.6 Å². The summed E-state index contributed by atoms with van der Waals surface area (Å²) in [5.74, 6) is -1.09. The largest absolute Gasteiger partial charge is 0.459 e. The number of carbonyl (C=O) groups is 1. The zero-order valence-corrected chi connectivity index (χ0v) is 21.7. The lowest BCUT2D eigenvalue weighted by molar-refractivity contribution is 0.0375. The number of benzene rings is 1. The van der Waals surface area contributed by atoms with Gasteiger partial charge in [-0.2, -0.15) is 5.10 Å². The third kappa shape index (κ3) is 4.38. The number of esters is 1. The number of fused-ring (bicyclic) bond motifs is 3. The summed E-state index contributed by atoms with van der Waals surface area (Å²) in [7, 11) is -2.18. The fraction of sp³-hybridized carbons (Fsp3) is 0.400. The second kappa shape index (κ2) is 9.17. The third-order valence-corrected chi connectivity index (χ3v) is 8.27. The van der Waals surface area contributed by atoms with Gasteiger partial charge in [0.1, 0.15) is 5.56 Å². The fourth-order valence-corrected chi connectivity index (χ4v) is 6.36. The number of ether oxygens (including phenoxy) is 2. The second-order valence-electron chi connectivity index (χ2n) is 9.36. The van der Waals surface area contributed by atoms with Crippen molar-refractivity contribution in [1.29, 1.82) is 0 Å². The summed E-state index contributed by atoms with van der Waals surface area (Å²) in [6, 6.07) is 4.41. The number of nitrogens with zero attached hydrogens (tertiary/aromatic N) is 3. The van der Waals surface area contributed by atoms with Gasteiger partial charge >= 0.3 is 5.97 Å². The van der Waals surface area contributed by atoms with Crippen LogP contribution in [0.25, 0.3) is 22.4 Å². The van der Waals surface area contributed by atoms with Crippen LogP contribution in [0.1, 0.15) is 48.7 Å². The molecule has 11 heteroatoms. The van der Waals surface area contributed by atoms with Crippen LogP contribution < -0.4 is 5.56 Å². The molecule has 3 aromatic rings. The van der Waals surface area contributed by atoms with E-state index in [0.29, 0.717) is 46.1 Å². The molecule has 1 aliphatic carbocycles. The van der Waals surface area contributed by atoms with Crippen LogP contribution >= 0.6 is 11.6 Å². The summed E-state index contributed by atoms with van der Waals surface area (Å²) in [6.07, 6.45) is 4.53. The highest BCUT2D eigenvalue weighted by Crippen LogP contribution is 2.46. The van der Waals surface area contributed by atoms with Crippen LogP contribution in [0, 0.1) is 0 Å². The number of sulfone groups is 1. The molecule has 0 saturated heterocycles. The van der Waals surface area contributed by atoms with E-state index in [4.69, 9.17) is 21.1 Å². The zero-order valence-electron chi connectivity index (χ0n) is 20.2. The van der Waals surface area contributed by atoms with Crippen molar-refractivity contribution in [3.63, 3.8) is 0 Å². The number of aromatic nitrogens is 3. The molecule has 36 heavy (non-hydrogen) atoms. The number of pyridine rings is 1. The molecule has 2 aromatic heterocycles. The molecule has 190 valence electrons. The minimum Gasteiger partial charge on any atom is -0.459 e. The molecule has 5 rings (SSSR count). The van der Waals surface area contributed by atoms with Gasteiger partial charge < -0.3 is 14.0 Å². The van der Waals surface area contributed by atoms with Crippen molar-refractivity contribution in [2.75, 3.05) is 13.7 Å². The molecule has 0 unspecified atom stereocenters. The highest BCUT2D eigenvalue weighted by molar-refractivity contribution is 7.90. The Labute approximate surface area is 213 Å². The quantitative estimate of drug-likeness (QED) is 0.426. The highest BCUT2D eigenvalue weighted by Gasteiger charge is 2.37.